The van der Waals surface area contributed by atoms with E-state index in [4.69, 9.17) is 0 Å². The van der Waals surface area contributed by atoms with Gasteiger partial charge in [0.15, 0.2) is 0 Å². The molecular weight excluding hydrogens is 164 g/mol. The molecule has 0 saturated heterocycles. The third-order valence-corrected chi connectivity index (χ3v) is 1.80. The van der Waals surface area contributed by atoms with Crippen molar-refractivity contribution in [3.05, 3.63) is 35.9 Å². The Labute approximate surface area is 78.3 Å². The fourth-order valence-electron chi connectivity index (χ4n) is 1.01. The van der Waals surface area contributed by atoms with Crippen LogP contribution in [-0.4, -0.2) is 18.0 Å². The highest BCUT2D eigenvalue weighted by molar-refractivity contribution is 5.45. The Morgan fingerprint density at radius 2 is 2.08 bits per heavy atom. The number of rotatable bonds is 5. The number of carbonyl (C=O) groups excluding carboxylic acids is 1. The van der Waals surface area contributed by atoms with Gasteiger partial charge in [0.2, 0.25) is 6.41 Å². The molecule has 1 amide bonds. The van der Waals surface area contributed by atoms with Crippen LogP contribution >= 0.6 is 0 Å². The van der Waals surface area contributed by atoms with Gasteiger partial charge in [0.25, 0.3) is 0 Å². The third kappa shape index (κ3) is 3.25. The Morgan fingerprint density at radius 1 is 1.38 bits per heavy atom. The fourth-order valence-corrected chi connectivity index (χ4v) is 1.01. The highest BCUT2D eigenvalue weighted by Gasteiger charge is 1.96. The Hall–Kier alpha value is -1.35. The molecule has 1 aromatic rings. The molecule has 0 aliphatic rings. The van der Waals surface area contributed by atoms with Gasteiger partial charge in [-0.1, -0.05) is 30.3 Å². The molecule has 70 valence electrons. The van der Waals surface area contributed by atoms with Crippen LogP contribution in [0.3, 0.4) is 0 Å². The summed E-state index contributed by atoms with van der Waals surface area (Å²) in [5, 5.41) is 1.52. The van der Waals surface area contributed by atoms with Gasteiger partial charge in [-0.2, -0.15) is 0 Å². The van der Waals surface area contributed by atoms with Crippen LogP contribution < -0.4 is 5.43 Å². The highest BCUT2D eigenvalue weighted by Crippen LogP contribution is 1.97. The second-order valence-electron chi connectivity index (χ2n) is 2.71. The second kappa shape index (κ2) is 5.32. The molecule has 0 aliphatic carbocycles. The van der Waals surface area contributed by atoms with Crippen LogP contribution in [-0.2, 0) is 11.3 Å². The highest BCUT2D eigenvalue weighted by atomic mass is 16.1. The lowest BCUT2D eigenvalue weighted by molar-refractivity contribution is -0.120. The molecule has 0 unspecified atom stereocenters. The van der Waals surface area contributed by atoms with E-state index in [0.717, 1.165) is 6.41 Å². The SMILES string of the molecule is CCN(C=O)NCc1ccccc1. The molecule has 1 N–H and O–H groups in total. The molecule has 0 aromatic heterocycles. The van der Waals surface area contributed by atoms with E-state index < -0.39 is 0 Å². The molecule has 0 fully saturated rings. The predicted molar refractivity (Wildman–Crippen MR) is 51.7 cm³/mol. The third-order valence-electron chi connectivity index (χ3n) is 1.80. The lowest BCUT2D eigenvalue weighted by atomic mass is 10.2. The van der Waals surface area contributed by atoms with Crippen molar-refractivity contribution < 1.29 is 4.79 Å². The summed E-state index contributed by atoms with van der Waals surface area (Å²) in [6.07, 6.45) is 0.795. The van der Waals surface area contributed by atoms with Gasteiger partial charge >= 0.3 is 0 Å². The first-order valence-corrected chi connectivity index (χ1v) is 4.36. The van der Waals surface area contributed by atoms with Crippen LogP contribution in [0.25, 0.3) is 0 Å². The van der Waals surface area contributed by atoms with E-state index in [1.807, 2.05) is 37.3 Å². The molecular formula is C10H14N2O. The van der Waals surface area contributed by atoms with Crippen molar-refractivity contribution in [1.82, 2.24) is 10.4 Å². The summed E-state index contributed by atoms with van der Waals surface area (Å²) < 4.78 is 0. The van der Waals surface area contributed by atoms with Gasteiger partial charge in [-0.25, -0.2) is 5.43 Å². The van der Waals surface area contributed by atoms with Crippen molar-refractivity contribution in [1.29, 1.82) is 0 Å². The number of hydrogen-bond acceptors (Lipinski definition) is 2. The molecule has 0 saturated carbocycles. The Kier molecular flexibility index (Phi) is 3.99. The lowest BCUT2D eigenvalue weighted by Crippen LogP contribution is -2.35. The molecule has 0 heterocycles. The van der Waals surface area contributed by atoms with Crippen molar-refractivity contribution in [2.24, 2.45) is 0 Å². The Bertz CT molecular complexity index is 248. The fraction of sp³-hybridized carbons (Fsp3) is 0.300. The molecule has 3 nitrogen and oxygen atoms in total. The van der Waals surface area contributed by atoms with Crippen LogP contribution in [0.2, 0.25) is 0 Å². The zero-order chi connectivity index (χ0) is 9.52. The van der Waals surface area contributed by atoms with Gasteiger partial charge < -0.3 is 0 Å². The van der Waals surface area contributed by atoms with E-state index in [1.54, 1.807) is 0 Å². The number of benzene rings is 1. The minimum absolute atomic E-state index is 0.677. The van der Waals surface area contributed by atoms with Crippen LogP contribution in [0.1, 0.15) is 12.5 Å². The lowest BCUT2D eigenvalue weighted by Gasteiger charge is -2.15. The van der Waals surface area contributed by atoms with Crippen molar-refractivity contribution in [3.63, 3.8) is 0 Å². The molecule has 0 radical (unpaired) electrons. The van der Waals surface area contributed by atoms with E-state index in [2.05, 4.69) is 5.43 Å². The molecule has 0 spiro atoms. The normalized spacial score (nSPS) is 9.62. The van der Waals surface area contributed by atoms with Crippen LogP contribution in [0.15, 0.2) is 30.3 Å². The quantitative estimate of drug-likeness (QED) is 0.542. The first-order valence-electron chi connectivity index (χ1n) is 4.36. The van der Waals surface area contributed by atoms with Crippen molar-refractivity contribution in [2.45, 2.75) is 13.5 Å². The number of amides is 1. The second-order valence-corrected chi connectivity index (χ2v) is 2.71. The van der Waals surface area contributed by atoms with E-state index in [1.165, 1.54) is 10.6 Å². The molecule has 0 aliphatic heterocycles. The Balaban J connectivity index is 2.38. The number of hydrazine groups is 1. The molecule has 3 heteroatoms. The van der Waals surface area contributed by atoms with Crippen molar-refractivity contribution >= 4 is 6.41 Å². The van der Waals surface area contributed by atoms with Crippen LogP contribution in [0.4, 0.5) is 0 Å². The predicted octanol–water partition coefficient (Wildman–Crippen LogP) is 1.17. The summed E-state index contributed by atoms with van der Waals surface area (Å²) in [6, 6.07) is 9.97. The smallest absolute Gasteiger partial charge is 0.223 e. The molecule has 1 aromatic carbocycles. The van der Waals surface area contributed by atoms with Crippen molar-refractivity contribution in [3.8, 4) is 0 Å². The summed E-state index contributed by atoms with van der Waals surface area (Å²) in [4.78, 5) is 10.4. The van der Waals surface area contributed by atoms with Gasteiger partial charge in [0, 0.05) is 13.1 Å². The van der Waals surface area contributed by atoms with Crippen LogP contribution in [0, 0.1) is 0 Å². The monoisotopic (exact) mass is 178 g/mol. The van der Waals surface area contributed by atoms with Gasteiger partial charge in [-0.3, -0.25) is 9.80 Å². The van der Waals surface area contributed by atoms with E-state index in [-0.39, 0.29) is 0 Å². The zero-order valence-corrected chi connectivity index (χ0v) is 7.73. The maximum absolute atomic E-state index is 10.4. The van der Waals surface area contributed by atoms with E-state index >= 15 is 0 Å². The summed E-state index contributed by atoms with van der Waals surface area (Å²) in [5.74, 6) is 0. The van der Waals surface area contributed by atoms with Gasteiger partial charge in [-0.15, -0.1) is 0 Å². The average molecular weight is 178 g/mol. The first kappa shape index (κ1) is 9.74. The standard InChI is InChI=1S/C10H14N2O/c1-2-12(9-13)11-8-10-6-4-3-5-7-10/h3-7,9,11H,2,8H2,1H3. The minimum atomic E-state index is 0.677. The minimum Gasteiger partial charge on any atom is -0.281 e. The maximum Gasteiger partial charge on any atom is 0.223 e. The van der Waals surface area contributed by atoms with Gasteiger partial charge in [-0.05, 0) is 12.5 Å². The average Bonchev–Trinajstić information content (AvgIpc) is 2.21. The van der Waals surface area contributed by atoms with Gasteiger partial charge in [0.1, 0.15) is 0 Å². The van der Waals surface area contributed by atoms with E-state index in [0.29, 0.717) is 13.1 Å². The first-order chi connectivity index (χ1) is 6.36. The van der Waals surface area contributed by atoms with Crippen molar-refractivity contribution in [2.75, 3.05) is 6.54 Å². The molecule has 13 heavy (non-hydrogen) atoms. The van der Waals surface area contributed by atoms with Gasteiger partial charge in [0.05, 0.1) is 0 Å². The summed E-state index contributed by atoms with van der Waals surface area (Å²) in [7, 11) is 0. The van der Waals surface area contributed by atoms with E-state index in [9.17, 15) is 4.79 Å². The number of carbonyl (C=O) groups is 1. The van der Waals surface area contributed by atoms with Crippen LogP contribution in [0.5, 0.6) is 0 Å². The number of hydrogen-bond donors (Lipinski definition) is 1. The maximum atomic E-state index is 10.4. The molecule has 0 bridgehead atoms. The number of nitrogens with zero attached hydrogens (tertiary/aromatic N) is 1. The summed E-state index contributed by atoms with van der Waals surface area (Å²) in [6.45, 7) is 3.29. The number of nitrogens with one attached hydrogen (secondary N) is 1. The molecule has 1 rings (SSSR count). The Morgan fingerprint density at radius 3 is 2.62 bits per heavy atom. The largest absolute Gasteiger partial charge is 0.281 e. The zero-order valence-electron chi connectivity index (χ0n) is 7.73. The molecule has 0 atom stereocenters. The summed E-state index contributed by atoms with van der Waals surface area (Å²) >= 11 is 0. The summed E-state index contributed by atoms with van der Waals surface area (Å²) in [5.41, 5.74) is 4.17. The topological polar surface area (TPSA) is 32.3 Å².